The molecule has 0 saturated carbocycles. The van der Waals surface area contributed by atoms with Crippen LogP contribution in [0.2, 0.25) is 0 Å². The molecular formula is C12H15NO6. The molecule has 0 radical (unpaired) electrons. The highest BCUT2D eigenvalue weighted by atomic mass is 16.6. The number of aryl methyl sites for hydroxylation is 1. The van der Waals surface area contributed by atoms with Gasteiger partial charge >= 0.3 is 11.7 Å². The SMILES string of the molecule is COc1cc(CCCC(=O)O)cc([N+](=O)[O-])c1OC. The summed E-state index contributed by atoms with van der Waals surface area (Å²) in [6, 6.07) is 3.00. The quantitative estimate of drug-likeness (QED) is 0.600. The lowest BCUT2D eigenvalue weighted by atomic mass is 10.1. The molecule has 0 amide bonds. The topological polar surface area (TPSA) is 98.9 Å². The van der Waals surface area contributed by atoms with Crippen LogP contribution in [0.15, 0.2) is 12.1 Å². The van der Waals surface area contributed by atoms with Crippen LogP contribution in [0.4, 0.5) is 5.69 Å². The van der Waals surface area contributed by atoms with E-state index in [1.165, 1.54) is 20.3 Å². The van der Waals surface area contributed by atoms with Gasteiger partial charge in [-0.2, -0.15) is 0 Å². The van der Waals surface area contributed by atoms with Gasteiger partial charge in [0.05, 0.1) is 19.1 Å². The minimum absolute atomic E-state index is 0.0160. The molecule has 0 spiro atoms. The van der Waals surface area contributed by atoms with E-state index in [0.29, 0.717) is 18.4 Å². The van der Waals surface area contributed by atoms with E-state index in [2.05, 4.69) is 0 Å². The number of carboxylic acids is 1. The fraction of sp³-hybridized carbons (Fsp3) is 0.417. The average molecular weight is 269 g/mol. The van der Waals surface area contributed by atoms with Crippen molar-refractivity contribution in [1.29, 1.82) is 0 Å². The largest absolute Gasteiger partial charge is 0.493 e. The number of hydrogen-bond donors (Lipinski definition) is 1. The molecule has 1 aromatic rings. The molecule has 7 heteroatoms. The zero-order valence-electron chi connectivity index (χ0n) is 10.7. The lowest BCUT2D eigenvalue weighted by Crippen LogP contribution is -2.00. The van der Waals surface area contributed by atoms with E-state index in [4.69, 9.17) is 14.6 Å². The Hall–Kier alpha value is -2.31. The number of nitro benzene ring substituents is 1. The molecule has 1 aromatic carbocycles. The van der Waals surface area contributed by atoms with Crippen LogP contribution in [0.1, 0.15) is 18.4 Å². The van der Waals surface area contributed by atoms with Crippen molar-refractivity contribution in [3.63, 3.8) is 0 Å². The average Bonchev–Trinajstić information content (AvgIpc) is 2.36. The van der Waals surface area contributed by atoms with E-state index in [-0.39, 0.29) is 23.6 Å². The number of aliphatic carboxylic acids is 1. The number of benzene rings is 1. The smallest absolute Gasteiger partial charge is 0.315 e. The molecular weight excluding hydrogens is 254 g/mol. The fourth-order valence-electron chi connectivity index (χ4n) is 1.72. The second-order valence-electron chi connectivity index (χ2n) is 3.85. The summed E-state index contributed by atoms with van der Waals surface area (Å²) in [6.45, 7) is 0. The van der Waals surface area contributed by atoms with Crippen LogP contribution < -0.4 is 9.47 Å². The predicted molar refractivity (Wildman–Crippen MR) is 66.8 cm³/mol. The summed E-state index contributed by atoms with van der Waals surface area (Å²) >= 11 is 0. The first-order chi connectivity index (χ1) is 8.99. The first-order valence-corrected chi connectivity index (χ1v) is 5.60. The van der Waals surface area contributed by atoms with Gasteiger partial charge in [0, 0.05) is 12.5 Å². The van der Waals surface area contributed by atoms with Crippen LogP contribution in [0.3, 0.4) is 0 Å². The molecule has 1 N–H and O–H groups in total. The molecule has 19 heavy (non-hydrogen) atoms. The molecule has 7 nitrogen and oxygen atoms in total. The van der Waals surface area contributed by atoms with Gasteiger partial charge in [-0.15, -0.1) is 0 Å². The summed E-state index contributed by atoms with van der Waals surface area (Å²) in [5.74, 6) is -0.563. The standard InChI is InChI=1S/C12H15NO6/c1-18-10-7-8(4-3-5-11(14)15)6-9(13(16)17)12(10)19-2/h6-7H,3-5H2,1-2H3,(H,14,15). The number of hydrogen-bond acceptors (Lipinski definition) is 5. The Balaban J connectivity index is 3.03. The minimum atomic E-state index is -0.894. The van der Waals surface area contributed by atoms with Gasteiger partial charge in [-0.25, -0.2) is 0 Å². The van der Waals surface area contributed by atoms with Crippen molar-refractivity contribution in [2.45, 2.75) is 19.3 Å². The Morgan fingerprint density at radius 2 is 2.05 bits per heavy atom. The summed E-state index contributed by atoms with van der Waals surface area (Å²) in [4.78, 5) is 20.8. The van der Waals surface area contributed by atoms with Crippen molar-refractivity contribution in [3.05, 3.63) is 27.8 Å². The first kappa shape index (κ1) is 14.7. The van der Waals surface area contributed by atoms with E-state index in [1.54, 1.807) is 6.07 Å². The molecule has 0 bridgehead atoms. The van der Waals surface area contributed by atoms with Crippen molar-refractivity contribution < 1.29 is 24.3 Å². The van der Waals surface area contributed by atoms with Crippen molar-refractivity contribution in [3.8, 4) is 11.5 Å². The molecule has 0 atom stereocenters. The Morgan fingerprint density at radius 1 is 1.37 bits per heavy atom. The molecule has 0 fully saturated rings. The van der Waals surface area contributed by atoms with E-state index >= 15 is 0 Å². The normalized spacial score (nSPS) is 10.0. The van der Waals surface area contributed by atoms with Crippen LogP contribution in [-0.2, 0) is 11.2 Å². The van der Waals surface area contributed by atoms with Gasteiger partial charge in [0.2, 0.25) is 5.75 Å². The zero-order chi connectivity index (χ0) is 14.4. The number of nitrogens with zero attached hydrogens (tertiary/aromatic N) is 1. The van der Waals surface area contributed by atoms with E-state index < -0.39 is 10.9 Å². The molecule has 0 heterocycles. The zero-order valence-corrected chi connectivity index (χ0v) is 10.7. The molecule has 1 rings (SSSR count). The molecule has 104 valence electrons. The Kier molecular flexibility index (Phi) is 5.11. The monoisotopic (exact) mass is 269 g/mol. The van der Waals surface area contributed by atoms with Crippen LogP contribution in [0, 0.1) is 10.1 Å². The lowest BCUT2D eigenvalue weighted by Gasteiger charge is -2.10. The third-order valence-electron chi connectivity index (χ3n) is 2.57. The summed E-state index contributed by atoms with van der Waals surface area (Å²) in [5.41, 5.74) is 0.456. The maximum Gasteiger partial charge on any atom is 0.315 e. The third-order valence-corrected chi connectivity index (χ3v) is 2.57. The van der Waals surface area contributed by atoms with Gasteiger partial charge in [-0.05, 0) is 24.5 Å². The fourth-order valence-corrected chi connectivity index (χ4v) is 1.72. The second kappa shape index (κ2) is 6.58. The van der Waals surface area contributed by atoms with Gasteiger partial charge in [0.25, 0.3) is 0 Å². The Labute approximate surface area is 109 Å². The Bertz CT molecular complexity index is 485. The molecule has 0 saturated heterocycles. The molecule has 0 aliphatic carbocycles. The van der Waals surface area contributed by atoms with Crippen LogP contribution in [0.25, 0.3) is 0 Å². The van der Waals surface area contributed by atoms with Crippen molar-refractivity contribution in [2.75, 3.05) is 14.2 Å². The highest BCUT2D eigenvalue weighted by molar-refractivity contribution is 5.66. The summed E-state index contributed by atoms with van der Waals surface area (Å²) in [6.07, 6.45) is 0.845. The molecule has 0 aliphatic heterocycles. The first-order valence-electron chi connectivity index (χ1n) is 5.60. The molecule has 0 unspecified atom stereocenters. The lowest BCUT2D eigenvalue weighted by molar-refractivity contribution is -0.385. The van der Waals surface area contributed by atoms with E-state index in [9.17, 15) is 14.9 Å². The van der Waals surface area contributed by atoms with Gasteiger partial charge in [-0.3, -0.25) is 14.9 Å². The minimum Gasteiger partial charge on any atom is -0.493 e. The third kappa shape index (κ3) is 3.84. The highest BCUT2D eigenvalue weighted by Gasteiger charge is 2.21. The maximum atomic E-state index is 11.0. The number of ether oxygens (including phenoxy) is 2. The van der Waals surface area contributed by atoms with Crippen LogP contribution >= 0.6 is 0 Å². The number of nitro groups is 1. The van der Waals surface area contributed by atoms with Gasteiger partial charge < -0.3 is 14.6 Å². The Morgan fingerprint density at radius 3 is 2.53 bits per heavy atom. The summed E-state index contributed by atoms with van der Waals surface area (Å²) in [7, 11) is 2.72. The van der Waals surface area contributed by atoms with Gasteiger partial charge in [0.15, 0.2) is 5.75 Å². The van der Waals surface area contributed by atoms with Crippen molar-refractivity contribution in [1.82, 2.24) is 0 Å². The summed E-state index contributed by atoms with van der Waals surface area (Å²) < 4.78 is 10.0. The predicted octanol–water partition coefficient (Wildman–Crippen LogP) is 2.02. The molecule has 0 aromatic heterocycles. The number of methoxy groups -OCH3 is 2. The van der Waals surface area contributed by atoms with Gasteiger partial charge in [0.1, 0.15) is 0 Å². The van der Waals surface area contributed by atoms with Crippen molar-refractivity contribution in [2.24, 2.45) is 0 Å². The van der Waals surface area contributed by atoms with Gasteiger partial charge in [-0.1, -0.05) is 0 Å². The van der Waals surface area contributed by atoms with E-state index in [0.717, 1.165) is 0 Å². The number of rotatable bonds is 7. The van der Waals surface area contributed by atoms with Crippen LogP contribution in [0.5, 0.6) is 11.5 Å². The highest BCUT2D eigenvalue weighted by Crippen LogP contribution is 2.38. The maximum absolute atomic E-state index is 11.0. The molecule has 0 aliphatic rings. The number of carboxylic acid groups (broad SMARTS) is 1. The summed E-state index contributed by atoms with van der Waals surface area (Å²) in [5, 5.41) is 19.5. The van der Waals surface area contributed by atoms with Crippen molar-refractivity contribution >= 4 is 11.7 Å². The second-order valence-corrected chi connectivity index (χ2v) is 3.85. The number of carbonyl (C=O) groups is 1. The van der Waals surface area contributed by atoms with Crippen LogP contribution in [-0.4, -0.2) is 30.2 Å². The van der Waals surface area contributed by atoms with E-state index in [1.807, 2.05) is 0 Å².